The van der Waals surface area contributed by atoms with Crippen LogP contribution in [0.15, 0.2) is 40.8 Å². The van der Waals surface area contributed by atoms with Crippen LogP contribution in [0.4, 0.5) is 4.39 Å². The maximum atomic E-state index is 15.8. The minimum Gasteiger partial charge on any atom is -0.497 e. The molecule has 1 aromatic carbocycles. The molecule has 2 rings (SSSR count). The number of rotatable bonds is 3. The maximum Gasteiger partial charge on any atom is 0.309 e. The first-order valence-electron chi connectivity index (χ1n) is 6.52. The fraction of sp³-hybridized carbons (Fsp3) is 0.188. The van der Waals surface area contributed by atoms with E-state index in [0.29, 0.717) is 0 Å². The largest absolute Gasteiger partial charge is 0.497 e. The summed E-state index contributed by atoms with van der Waals surface area (Å²) in [6, 6.07) is 9.00. The molecule has 24 heavy (non-hydrogen) atoms. The SMILES string of the molecule is COc1ccc(OC)c([C@@]2(F)OC(N)=C(C#N)C2=C(C#N)C#N)c1. The Morgan fingerprint density at radius 3 is 2.38 bits per heavy atom. The molecule has 1 aliphatic rings. The molecule has 0 aliphatic carbocycles. The number of nitrogens with two attached hydrogens (primary N) is 1. The summed E-state index contributed by atoms with van der Waals surface area (Å²) < 4.78 is 31.0. The minimum atomic E-state index is -2.84. The van der Waals surface area contributed by atoms with Crippen molar-refractivity contribution >= 4 is 0 Å². The molecule has 1 aliphatic heterocycles. The monoisotopic (exact) mass is 326 g/mol. The van der Waals surface area contributed by atoms with Gasteiger partial charge in [-0.2, -0.15) is 20.2 Å². The van der Waals surface area contributed by atoms with Crippen LogP contribution in [0.3, 0.4) is 0 Å². The molecule has 1 atom stereocenters. The van der Waals surface area contributed by atoms with Crippen LogP contribution in [0.1, 0.15) is 5.56 Å². The Labute approximate surface area is 137 Å². The fourth-order valence-corrected chi connectivity index (χ4v) is 2.33. The molecule has 1 aromatic rings. The second-order valence-electron chi connectivity index (χ2n) is 4.59. The first-order chi connectivity index (χ1) is 11.5. The van der Waals surface area contributed by atoms with Crippen LogP contribution in [0.2, 0.25) is 0 Å². The van der Waals surface area contributed by atoms with Crippen LogP contribution >= 0.6 is 0 Å². The number of nitriles is 3. The number of hydrogen-bond acceptors (Lipinski definition) is 7. The van der Waals surface area contributed by atoms with Crippen LogP contribution in [0, 0.1) is 34.0 Å². The first kappa shape index (κ1) is 16.7. The summed E-state index contributed by atoms with van der Waals surface area (Å²) in [5, 5.41) is 27.4. The maximum absolute atomic E-state index is 15.8. The van der Waals surface area contributed by atoms with E-state index >= 15 is 4.39 Å². The summed E-state index contributed by atoms with van der Waals surface area (Å²) >= 11 is 0. The predicted octanol–water partition coefficient (Wildman–Crippen LogP) is 1.89. The summed E-state index contributed by atoms with van der Waals surface area (Å²) in [6.45, 7) is 0. The molecule has 0 aromatic heterocycles. The van der Waals surface area contributed by atoms with Gasteiger partial charge < -0.3 is 19.9 Å². The van der Waals surface area contributed by atoms with Crippen molar-refractivity contribution in [2.24, 2.45) is 5.73 Å². The van der Waals surface area contributed by atoms with Gasteiger partial charge in [0.05, 0.1) is 25.4 Å². The first-order valence-corrected chi connectivity index (χ1v) is 6.52. The van der Waals surface area contributed by atoms with E-state index in [1.807, 2.05) is 0 Å². The van der Waals surface area contributed by atoms with Gasteiger partial charge in [0, 0.05) is 0 Å². The van der Waals surface area contributed by atoms with E-state index in [1.165, 1.54) is 32.4 Å². The lowest BCUT2D eigenvalue weighted by Gasteiger charge is -2.24. The highest BCUT2D eigenvalue weighted by Gasteiger charge is 2.51. The molecule has 0 amide bonds. The summed E-state index contributed by atoms with van der Waals surface area (Å²) in [4.78, 5) is 0. The highest BCUT2D eigenvalue weighted by molar-refractivity contribution is 5.63. The number of ether oxygens (including phenoxy) is 3. The van der Waals surface area contributed by atoms with E-state index in [1.54, 1.807) is 18.2 Å². The number of halogens is 1. The van der Waals surface area contributed by atoms with E-state index < -0.39 is 28.5 Å². The van der Waals surface area contributed by atoms with Gasteiger partial charge in [0.15, 0.2) is 0 Å². The third kappa shape index (κ3) is 2.35. The molecule has 0 fully saturated rings. The zero-order valence-corrected chi connectivity index (χ0v) is 12.8. The van der Waals surface area contributed by atoms with Gasteiger partial charge in [-0.3, -0.25) is 0 Å². The van der Waals surface area contributed by atoms with Gasteiger partial charge in [-0.1, -0.05) is 0 Å². The van der Waals surface area contributed by atoms with E-state index in [2.05, 4.69) is 0 Å². The Bertz CT molecular complexity index is 870. The molecule has 0 bridgehead atoms. The van der Waals surface area contributed by atoms with Gasteiger partial charge in [0.25, 0.3) is 0 Å². The number of alkyl halides is 1. The highest BCUT2D eigenvalue weighted by Crippen LogP contribution is 2.50. The molecule has 0 spiro atoms. The number of nitrogens with zero attached hydrogens (tertiary/aromatic N) is 3. The molecule has 8 heteroatoms. The van der Waals surface area contributed by atoms with Gasteiger partial charge in [0.1, 0.15) is 40.9 Å². The molecule has 0 radical (unpaired) electrons. The van der Waals surface area contributed by atoms with Crippen molar-refractivity contribution in [3.05, 3.63) is 46.4 Å². The minimum absolute atomic E-state index is 0.0676. The predicted molar refractivity (Wildman–Crippen MR) is 78.5 cm³/mol. The molecule has 2 N–H and O–H groups in total. The van der Waals surface area contributed by atoms with Gasteiger partial charge in [0.2, 0.25) is 5.88 Å². The third-order valence-electron chi connectivity index (χ3n) is 3.41. The van der Waals surface area contributed by atoms with Gasteiger partial charge >= 0.3 is 5.85 Å². The molecular formula is C16H11FN4O3. The van der Waals surface area contributed by atoms with Gasteiger partial charge in [-0.05, 0) is 18.2 Å². The van der Waals surface area contributed by atoms with Gasteiger partial charge in [-0.15, -0.1) is 0 Å². The molecule has 1 heterocycles. The zero-order chi connectivity index (χ0) is 17.9. The molecule has 0 saturated heterocycles. The number of hydrogen-bond donors (Lipinski definition) is 1. The lowest BCUT2D eigenvalue weighted by molar-refractivity contribution is -0.0717. The Hall–Kier alpha value is -3.70. The Balaban J connectivity index is 2.84. The van der Waals surface area contributed by atoms with Gasteiger partial charge in [-0.25, -0.2) is 0 Å². The Morgan fingerprint density at radius 2 is 1.88 bits per heavy atom. The number of benzene rings is 1. The average Bonchev–Trinajstić information content (AvgIpc) is 2.86. The molecule has 0 saturated carbocycles. The molecule has 0 unspecified atom stereocenters. The van der Waals surface area contributed by atoms with Crippen molar-refractivity contribution in [3.63, 3.8) is 0 Å². The van der Waals surface area contributed by atoms with Crippen LogP contribution in [0.25, 0.3) is 0 Å². The second kappa shape index (κ2) is 6.20. The third-order valence-corrected chi connectivity index (χ3v) is 3.41. The average molecular weight is 326 g/mol. The summed E-state index contributed by atoms with van der Waals surface area (Å²) in [7, 11) is 2.69. The lowest BCUT2D eigenvalue weighted by Crippen LogP contribution is -2.25. The highest BCUT2D eigenvalue weighted by atomic mass is 19.2. The zero-order valence-electron chi connectivity index (χ0n) is 12.8. The molecule has 7 nitrogen and oxygen atoms in total. The van der Waals surface area contributed by atoms with Crippen molar-refractivity contribution in [2.75, 3.05) is 14.2 Å². The normalized spacial score (nSPS) is 18.9. The van der Waals surface area contributed by atoms with E-state index in [0.717, 1.165) is 0 Å². The Morgan fingerprint density at radius 1 is 1.21 bits per heavy atom. The standard InChI is InChI=1S/C16H11FN4O3/c1-22-10-3-4-13(23-2)12(5-10)16(17)14(9(6-18)7-19)11(8-20)15(21)24-16/h3-5H,21H2,1-2H3/t16-/m1/s1. The van der Waals surface area contributed by atoms with Crippen LogP contribution in [0.5, 0.6) is 11.5 Å². The summed E-state index contributed by atoms with van der Waals surface area (Å²) in [5.74, 6) is -3.01. The summed E-state index contributed by atoms with van der Waals surface area (Å²) in [5.41, 5.74) is 3.79. The van der Waals surface area contributed by atoms with Crippen molar-refractivity contribution < 1.29 is 18.6 Å². The topological polar surface area (TPSA) is 125 Å². The molecular weight excluding hydrogens is 315 g/mol. The molecule has 120 valence electrons. The van der Waals surface area contributed by atoms with Crippen molar-refractivity contribution in [1.82, 2.24) is 0 Å². The van der Waals surface area contributed by atoms with Crippen molar-refractivity contribution in [1.29, 1.82) is 15.8 Å². The van der Waals surface area contributed by atoms with E-state index in [-0.39, 0.29) is 17.1 Å². The fourth-order valence-electron chi connectivity index (χ4n) is 2.33. The van der Waals surface area contributed by atoms with Crippen molar-refractivity contribution in [3.8, 4) is 29.7 Å². The summed E-state index contributed by atoms with van der Waals surface area (Å²) in [6.07, 6.45) is 0. The lowest BCUT2D eigenvalue weighted by atomic mass is 9.91. The smallest absolute Gasteiger partial charge is 0.309 e. The number of allylic oxidation sites excluding steroid dienone is 1. The van der Waals surface area contributed by atoms with Crippen LogP contribution < -0.4 is 15.2 Å². The van der Waals surface area contributed by atoms with Crippen LogP contribution in [-0.2, 0) is 10.6 Å². The van der Waals surface area contributed by atoms with Crippen LogP contribution in [-0.4, -0.2) is 14.2 Å². The Kier molecular flexibility index (Phi) is 4.30. The van der Waals surface area contributed by atoms with E-state index in [9.17, 15) is 5.26 Å². The number of methoxy groups -OCH3 is 2. The second-order valence-corrected chi connectivity index (χ2v) is 4.59. The quantitative estimate of drug-likeness (QED) is 0.841. The van der Waals surface area contributed by atoms with Crippen molar-refractivity contribution in [2.45, 2.75) is 5.85 Å². The van der Waals surface area contributed by atoms with E-state index in [4.69, 9.17) is 30.5 Å².